The second kappa shape index (κ2) is 6.19. The van der Waals surface area contributed by atoms with Crippen LogP contribution in [0, 0.1) is 6.92 Å². The number of hydrazine groups is 1. The molecule has 0 aliphatic carbocycles. The van der Waals surface area contributed by atoms with Crippen molar-refractivity contribution >= 4 is 10.0 Å². The summed E-state index contributed by atoms with van der Waals surface area (Å²) in [5.41, 5.74) is 7.45. The maximum atomic E-state index is 12.3. The van der Waals surface area contributed by atoms with Crippen LogP contribution in [0.2, 0.25) is 0 Å². The maximum absolute atomic E-state index is 12.3. The van der Waals surface area contributed by atoms with Gasteiger partial charge in [0.25, 0.3) is 10.0 Å². The van der Waals surface area contributed by atoms with Crippen molar-refractivity contribution in [3.8, 4) is 0 Å². The van der Waals surface area contributed by atoms with Crippen molar-refractivity contribution in [2.24, 2.45) is 5.73 Å². The van der Waals surface area contributed by atoms with Crippen LogP contribution in [0.5, 0.6) is 0 Å². The molecule has 1 saturated heterocycles. The molecule has 0 saturated carbocycles. The molecule has 0 spiro atoms. The molecular formula is C13H22N4O2S. The van der Waals surface area contributed by atoms with Crippen LogP contribution >= 0.6 is 0 Å². The Kier molecular flexibility index (Phi) is 4.77. The Balaban J connectivity index is 2.12. The number of piperazine rings is 1. The quantitative estimate of drug-likeness (QED) is 0.811. The first-order valence-corrected chi connectivity index (χ1v) is 8.16. The van der Waals surface area contributed by atoms with Gasteiger partial charge in [-0.05, 0) is 37.2 Å². The number of sulfonamides is 1. The monoisotopic (exact) mass is 298 g/mol. The lowest BCUT2D eigenvalue weighted by Crippen LogP contribution is -2.52. The van der Waals surface area contributed by atoms with E-state index in [0.717, 1.165) is 24.2 Å². The molecule has 0 radical (unpaired) electrons. The minimum Gasteiger partial charge on any atom is -0.326 e. The van der Waals surface area contributed by atoms with Crippen LogP contribution in [0.3, 0.4) is 0 Å². The van der Waals surface area contributed by atoms with E-state index in [9.17, 15) is 8.42 Å². The van der Waals surface area contributed by atoms with E-state index in [-0.39, 0.29) is 4.90 Å². The Hall–Kier alpha value is -0.990. The lowest BCUT2D eigenvalue weighted by molar-refractivity contribution is 0.135. The number of benzene rings is 1. The number of likely N-dealkylation sites (N-methyl/N-ethyl adjacent to an activating group) is 1. The molecule has 1 heterocycles. The SMILES string of the molecule is Cc1cc(S(=O)(=O)NN2CCN(C)CC2)ccc1CN. The van der Waals surface area contributed by atoms with Gasteiger partial charge in [0.1, 0.15) is 0 Å². The highest BCUT2D eigenvalue weighted by atomic mass is 32.2. The molecule has 2 rings (SSSR count). The first-order valence-electron chi connectivity index (χ1n) is 6.68. The van der Waals surface area contributed by atoms with Crippen LogP contribution in [-0.4, -0.2) is 51.6 Å². The normalized spacial score (nSPS) is 18.4. The zero-order valence-corrected chi connectivity index (χ0v) is 12.8. The van der Waals surface area contributed by atoms with Crippen molar-refractivity contribution < 1.29 is 8.42 Å². The van der Waals surface area contributed by atoms with Gasteiger partial charge < -0.3 is 10.6 Å². The van der Waals surface area contributed by atoms with Gasteiger partial charge in [-0.2, -0.15) is 0 Å². The molecule has 112 valence electrons. The first-order chi connectivity index (χ1) is 9.42. The molecule has 20 heavy (non-hydrogen) atoms. The van der Waals surface area contributed by atoms with Crippen LogP contribution in [-0.2, 0) is 16.6 Å². The van der Waals surface area contributed by atoms with Crippen molar-refractivity contribution in [3.63, 3.8) is 0 Å². The van der Waals surface area contributed by atoms with Gasteiger partial charge in [0.2, 0.25) is 0 Å². The third kappa shape index (κ3) is 3.56. The summed E-state index contributed by atoms with van der Waals surface area (Å²) in [6, 6.07) is 5.04. The number of nitrogens with one attached hydrogen (secondary N) is 1. The zero-order valence-electron chi connectivity index (χ0n) is 12.0. The van der Waals surface area contributed by atoms with Gasteiger partial charge in [-0.1, -0.05) is 6.07 Å². The summed E-state index contributed by atoms with van der Waals surface area (Å²) in [4.78, 5) is 5.10. The highest BCUT2D eigenvalue weighted by Crippen LogP contribution is 2.15. The summed E-state index contributed by atoms with van der Waals surface area (Å²) >= 11 is 0. The van der Waals surface area contributed by atoms with Crippen molar-refractivity contribution in [2.45, 2.75) is 18.4 Å². The predicted molar refractivity (Wildman–Crippen MR) is 78.5 cm³/mol. The highest BCUT2D eigenvalue weighted by molar-refractivity contribution is 7.89. The van der Waals surface area contributed by atoms with E-state index in [2.05, 4.69) is 9.73 Å². The number of nitrogens with two attached hydrogens (primary N) is 1. The van der Waals surface area contributed by atoms with E-state index >= 15 is 0 Å². The first kappa shape index (κ1) is 15.4. The van der Waals surface area contributed by atoms with Gasteiger partial charge in [0, 0.05) is 32.7 Å². The van der Waals surface area contributed by atoms with Gasteiger partial charge in [0.05, 0.1) is 4.90 Å². The maximum Gasteiger partial charge on any atom is 0.253 e. The average Bonchev–Trinajstić information content (AvgIpc) is 2.41. The predicted octanol–water partition coefficient (Wildman–Crippen LogP) is -0.106. The second-order valence-electron chi connectivity index (χ2n) is 5.18. The summed E-state index contributed by atoms with van der Waals surface area (Å²) in [5.74, 6) is 0. The topological polar surface area (TPSA) is 78.7 Å². The summed E-state index contributed by atoms with van der Waals surface area (Å²) in [5, 5.41) is 1.75. The fraction of sp³-hybridized carbons (Fsp3) is 0.538. The molecule has 1 aromatic carbocycles. The summed E-state index contributed by atoms with van der Waals surface area (Å²) in [6.07, 6.45) is 0. The highest BCUT2D eigenvalue weighted by Gasteiger charge is 2.21. The van der Waals surface area contributed by atoms with Gasteiger partial charge in [-0.3, -0.25) is 0 Å². The molecule has 0 atom stereocenters. The average molecular weight is 298 g/mol. The van der Waals surface area contributed by atoms with E-state index in [4.69, 9.17) is 5.73 Å². The second-order valence-corrected chi connectivity index (χ2v) is 6.84. The molecule has 6 nitrogen and oxygen atoms in total. The van der Waals surface area contributed by atoms with Crippen LogP contribution in [0.25, 0.3) is 0 Å². The Bertz CT molecular complexity index is 566. The van der Waals surface area contributed by atoms with Crippen LogP contribution < -0.4 is 10.6 Å². The minimum atomic E-state index is -3.51. The van der Waals surface area contributed by atoms with Crippen molar-refractivity contribution in [1.29, 1.82) is 0 Å². The summed E-state index contributed by atoms with van der Waals surface area (Å²) < 4.78 is 24.7. The smallest absolute Gasteiger partial charge is 0.253 e. The molecule has 7 heteroatoms. The summed E-state index contributed by atoms with van der Waals surface area (Å²) in [7, 11) is -1.48. The third-order valence-electron chi connectivity index (χ3n) is 3.60. The molecule has 1 aliphatic rings. The standard InChI is InChI=1S/C13H22N4O2S/c1-11-9-13(4-3-12(11)10-14)20(18,19)15-17-7-5-16(2)6-8-17/h3-4,9,15H,5-8,10,14H2,1-2H3. The number of hydrogen-bond donors (Lipinski definition) is 2. The van der Waals surface area contributed by atoms with Crippen molar-refractivity contribution in [3.05, 3.63) is 29.3 Å². The number of rotatable bonds is 4. The van der Waals surface area contributed by atoms with Gasteiger partial charge in [-0.15, -0.1) is 4.83 Å². The van der Waals surface area contributed by atoms with E-state index < -0.39 is 10.0 Å². The number of nitrogens with zero attached hydrogens (tertiary/aromatic N) is 2. The molecule has 1 fully saturated rings. The zero-order chi connectivity index (χ0) is 14.8. The molecular weight excluding hydrogens is 276 g/mol. The lowest BCUT2D eigenvalue weighted by atomic mass is 10.1. The molecule has 1 aliphatic heterocycles. The lowest BCUT2D eigenvalue weighted by Gasteiger charge is -2.32. The summed E-state index contributed by atoms with van der Waals surface area (Å²) in [6.45, 7) is 5.38. The number of aryl methyl sites for hydroxylation is 1. The molecule has 0 amide bonds. The molecule has 0 bridgehead atoms. The molecule has 0 unspecified atom stereocenters. The van der Waals surface area contributed by atoms with Crippen LogP contribution in [0.15, 0.2) is 23.1 Å². The van der Waals surface area contributed by atoms with E-state index in [1.807, 2.05) is 14.0 Å². The van der Waals surface area contributed by atoms with E-state index in [1.165, 1.54) is 0 Å². The van der Waals surface area contributed by atoms with Crippen LogP contribution in [0.1, 0.15) is 11.1 Å². The Morgan fingerprint density at radius 3 is 2.45 bits per heavy atom. The van der Waals surface area contributed by atoms with Gasteiger partial charge >= 0.3 is 0 Å². The largest absolute Gasteiger partial charge is 0.326 e. The Morgan fingerprint density at radius 1 is 1.25 bits per heavy atom. The van der Waals surface area contributed by atoms with Crippen molar-refractivity contribution in [1.82, 2.24) is 14.7 Å². The van der Waals surface area contributed by atoms with Crippen LogP contribution in [0.4, 0.5) is 0 Å². The van der Waals surface area contributed by atoms with Gasteiger partial charge in [0.15, 0.2) is 0 Å². The Labute approximate surface area is 120 Å². The van der Waals surface area contributed by atoms with Gasteiger partial charge in [-0.25, -0.2) is 13.4 Å². The molecule has 0 aromatic heterocycles. The fourth-order valence-electron chi connectivity index (χ4n) is 2.18. The van der Waals surface area contributed by atoms with E-state index in [1.54, 1.807) is 23.2 Å². The third-order valence-corrected chi connectivity index (χ3v) is 4.97. The molecule has 3 N–H and O–H groups in total. The van der Waals surface area contributed by atoms with Crippen molar-refractivity contribution in [2.75, 3.05) is 33.2 Å². The fourth-order valence-corrected chi connectivity index (χ4v) is 3.39. The molecule has 1 aromatic rings. The Morgan fingerprint density at radius 2 is 1.90 bits per heavy atom. The number of hydrogen-bond acceptors (Lipinski definition) is 5. The minimum absolute atomic E-state index is 0.283. The van der Waals surface area contributed by atoms with E-state index in [0.29, 0.717) is 19.6 Å².